The van der Waals surface area contributed by atoms with Crippen LogP contribution in [0.15, 0.2) is 12.4 Å². The van der Waals surface area contributed by atoms with Crippen molar-refractivity contribution in [1.29, 1.82) is 0 Å². The van der Waals surface area contributed by atoms with E-state index in [-0.39, 0.29) is 0 Å². The monoisotopic (exact) mass is 194 g/mol. The maximum atomic E-state index is 5.43. The Morgan fingerprint density at radius 1 is 1.21 bits per heavy atom. The molecule has 0 atom stereocenters. The van der Waals surface area contributed by atoms with E-state index in [1.165, 1.54) is 0 Å². The van der Waals surface area contributed by atoms with Crippen LogP contribution in [0.4, 0.5) is 0 Å². The molecule has 0 aliphatic rings. The van der Waals surface area contributed by atoms with Crippen molar-refractivity contribution in [3.63, 3.8) is 0 Å². The van der Waals surface area contributed by atoms with E-state index in [4.69, 9.17) is 5.73 Å². The number of aromatic nitrogens is 2. The number of likely N-dealkylation sites (N-methyl/N-ethyl adjacent to an activating group) is 1. The molecule has 1 aromatic heterocycles. The predicted octanol–water partition coefficient (Wildman–Crippen LogP) is 0.0819. The molecular formula is C10H18N4. The van der Waals surface area contributed by atoms with Gasteiger partial charge in [0.05, 0.1) is 0 Å². The zero-order valence-electron chi connectivity index (χ0n) is 8.90. The SMILES string of the molecule is CN(C)CCc1ncc(CCN)cn1. The molecule has 0 bridgehead atoms. The third kappa shape index (κ3) is 3.81. The van der Waals surface area contributed by atoms with Gasteiger partial charge in [-0.2, -0.15) is 0 Å². The maximum absolute atomic E-state index is 5.43. The topological polar surface area (TPSA) is 55.0 Å². The van der Waals surface area contributed by atoms with Gasteiger partial charge in [-0.3, -0.25) is 0 Å². The lowest BCUT2D eigenvalue weighted by molar-refractivity contribution is 0.409. The Morgan fingerprint density at radius 3 is 2.36 bits per heavy atom. The molecule has 0 saturated heterocycles. The molecule has 0 radical (unpaired) electrons. The average Bonchev–Trinajstić information content (AvgIpc) is 2.17. The molecule has 4 heteroatoms. The molecule has 1 aromatic rings. The largest absolute Gasteiger partial charge is 0.330 e. The van der Waals surface area contributed by atoms with Gasteiger partial charge in [-0.05, 0) is 32.6 Å². The summed E-state index contributed by atoms with van der Waals surface area (Å²) in [4.78, 5) is 10.7. The molecule has 0 saturated carbocycles. The third-order valence-corrected chi connectivity index (χ3v) is 1.97. The molecule has 4 nitrogen and oxygen atoms in total. The summed E-state index contributed by atoms with van der Waals surface area (Å²) in [6.45, 7) is 1.64. The summed E-state index contributed by atoms with van der Waals surface area (Å²) in [5, 5.41) is 0. The van der Waals surface area contributed by atoms with Gasteiger partial charge in [-0.1, -0.05) is 0 Å². The lowest BCUT2D eigenvalue weighted by Gasteiger charge is -2.07. The predicted molar refractivity (Wildman–Crippen MR) is 57.0 cm³/mol. The maximum Gasteiger partial charge on any atom is 0.129 e. The van der Waals surface area contributed by atoms with Gasteiger partial charge in [0.1, 0.15) is 5.82 Å². The van der Waals surface area contributed by atoms with Crippen molar-refractivity contribution in [3.05, 3.63) is 23.8 Å². The first-order valence-corrected chi connectivity index (χ1v) is 4.87. The summed E-state index contributed by atoms with van der Waals surface area (Å²) >= 11 is 0. The van der Waals surface area contributed by atoms with Crippen molar-refractivity contribution in [2.24, 2.45) is 5.73 Å². The van der Waals surface area contributed by atoms with E-state index in [9.17, 15) is 0 Å². The van der Waals surface area contributed by atoms with Crippen LogP contribution in [0.25, 0.3) is 0 Å². The first-order chi connectivity index (χ1) is 6.72. The van der Waals surface area contributed by atoms with Gasteiger partial charge < -0.3 is 10.6 Å². The highest BCUT2D eigenvalue weighted by molar-refractivity contribution is 5.05. The summed E-state index contributed by atoms with van der Waals surface area (Å²) < 4.78 is 0. The number of nitrogens with zero attached hydrogens (tertiary/aromatic N) is 3. The van der Waals surface area contributed by atoms with E-state index in [1.54, 1.807) is 0 Å². The molecule has 0 amide bonds. The standard InChI is InChI=1S/C10H18N4/c1-14(2)6-4-10-12-7-9(3-5-11)8-13-10/h7-8H,3-6,11H2,1-2H3. The van der Waals surface area contributed by atoms with Crippen LogP contribution in [0, 0.1) is 0 Å². The number of hydrogen-bond acceptors (Lipinski definition) is 4. The lowest BCUT2D eigenvalue weighted by atomic mass is 10.2. The smallest absolute Gasteiger partial charge is 0.129 e. The number of hydrogen-bond donors (Lipinski definition) is 1. The van der Waals surface area contributed by atoms with Crippen LogP contribution in [0.5, 0.6) is 0 Å². The average molecular weight is 194 g/mol. The molecule has 0 unspecified atom stereocenters. The van der Waals surface area contributed by atoms with Crippen LogP contribution < -0.4 is 5.73 Å². The molecule has 0 aliphatic carbocycles. The summed E-state index contributed by atoms with van der Waals surface area (Å²) in [6.07, 6.45) is 5.49. The molecule has 14 heavy (non-hydrogen) atoms. The van der Waals surface area contributed by atoms with Crippen LogP contribution in [0.1, 0.15) is 11.4 Å². The summed E-state index contributed by atoms with van der Waals surface area (Å²) in [5.41, 5.74) is 6.55. The highest BCUT2D eigenvalue weighted by atomic mass is 15.1. The van der Waals surface area contributed by atoms with Crippen LogP contribution in [-0.2, 0) is 12.8 Å². The van der Waals surface area contributed by atoms with Crippen molar-refractivity contribution in [2.45, 2.75) is 12.8 Å². The summed E-state index contributed by atoms with van der Waals surface area (Å²) in [5.74, 6) is 0.902. The van der Waals surface area contributed by atoms with Crippen LogP contribution in [-0.4, -0.2) is 42.1 Å². The van der Waals surface area contributed by atoms with Crippen LogP contribution >= 0.6 is 0 Å². The second kappa shape index (κ2) is 5.67. The lowest BCUT2D eigenvalue weighted by Crippen LogP contribution is -2.16. The fraction of sp³-hybridized carbons (Fsp3) is 0.600. The molecule has 0 fully saturated rings. The van der Waals surface area contributed by atoms with Crippen LogP contribution in [0.2, 0.25) is 0 Å². The third-order valence-electron chi connectivity index (χ3n) is 1.97. The second-order valence-corrected chi connectivity index (χ2v) is 3.60. The molecule has 1 heterocycles. The van der Waals surface area contributed by atoms with E-state index >= 15 is 0 Å². The fourth-order valence-corrected chi connectivity index (χ4v) is 1.13. The van der Waals surface area contributed by atoms with Gasteiger partial charge >= 0.3 is 0 Å². The summed E-state index contributed by atoms with van der Waals surface area (Å²) in [7, 11) is 4.09. The minimum absolute atomic E-state index is 0.653. The van der Waals surface area contributed by atoms with Crippen molar-refractivity contribution < 1.29 is 0 Å². The van der Waals surface area contributed by atoms with Crippen molar-refractivity contribution >= 4 is 0 Å². The minimum atomic E-state index is 0.653. The fourth-order valence-electron chi connectivity index (χ4n) is 1.13. The molecule has 78 valence electrons. The zero-order valence-corrected chi connectivity index (χ0v) is 8.90. The van der Waals surface area contributed by atoms with E-state index in [0.717, 1.165) is 30.8 Å². The van der Waals surface area contributed by atoms with Crippen LogP contribution in [0.3, 0.4) is 0 Å². The second-order valence-electron chi connectivity index (χ2n) is 3.60. The molecule has 0 aliphatic heterocycles. The Kier molecular flexibility index (Phi) is 4.49. The molecule has 2 N–H and O–H groups in total. The van der Waals surface area contributed by atoms with Gasteiger partial charge in [0.15, 0.2) is 0 Å². The van der Waals surface area contributed by atoms with Crippen molar-refractivity contribution in [2.75, 3.05) is 27.2 Å². The molecule has 0 aromatic carbocycles. The Balaban J connectivity index is 2.46. The Bertz CT molecular complexity index is 255. The normalized spacial score (nSPS) is 10.9. The van der Waals surface area contributed by atoms with Crippen molar-refractivity contribution in [1.82, 2.24) is 14.9 Å². The van der Waals surface area contributed by atoms with E-state index in [0.29, 0.717) is 6.54 Å². The molecular weight excluding hydrogens is 176 g/mol. The van der Waals surface area contributed by atoms with Gasteiger partial charge in [-0.15, -0.1) is 0 Å². The first kappa shape index (κ1) is 11.1. The first-order valence-electron chi connectivity index (χ1n) is 4.87. The zero-order chi connectivity index (χ0) is 10.4. The Morgan fingerprint density at radius 2 is 1.86 bits per heavy atom. The minimum Gasteiger partial charge on any atom is -0.330 e. The van der Waals surface area contributed by atoms with E-state index in [2.05, 4.69) is 14.9 Å². The van der Waals surface area contributed by atoms with Gasteiger partial charge in [0, 0.05) is 25.4 Å². The van der Waals surface area contributed by atoms with E-state index in [1.807, 2.05) is 26.5 Å². The Labute approximate surface area is 85.2 Å². The molecule has 1 rings (SSSR count). The van der Waals surface area contributed by atoms with Crippen molar-refractivity contribution in [3.8, 4) is 0 Å². The quantitative estimate of drug-likeness (QED) is 0.721. The van der Waals surface area contributed by atoms with Gasteiger partial charge in [0.2, 0.25) is 0 Å². The number of rotatable bonds is 5. The van der Waals surface area contributed by atoms with Gasteiger partial charge in [-0.25, -0.2) is 9.97 Å². The van der Waals surface area contributed by atoms with Gasteiger partial charge in [0.25, 0.3) is 0 Å². The number of nitrogens with two attached hydrogens (primary N) is 1. The highest BCUT2D eigenvalue weighted by Gasteiger charge is 1.98. The highest BCUT2D eigenvalue weighted by Crippen LogP contribution is 1.97. The molecule has 0 spiro atoms. The Hall–Kier alpha value is -1.00. The summed E-state index contributed by atoms with van der Waals surface area (Å²) in [6, 6.07) is 0. The van der Waals surface area contributed by atoms with E-state index < -0.39 is 0 Å².